The summed E-state index contributed by atoms with van der Waals surface area (Å²) >= 11 is 0. The molecule has 0 aliphatic rings. The zero-order valence-electron chi connectivity index (χ0n) is 18.8. The number of nitrogens with one attached hydrogen (secondary N) is 1. The van der Waals surface area contributed by atoms with Crippen LogP contribution in [0.15, 0.2) is 70.2 Å². The Kier molecular flexibility index (Phi) is 8.31. The molecule has 0 saturated heterocycles. The molecule has 0 radical (unpaired) electrons. The summed E-state index contributed by atoms with van der Waals surface area (Å²) in [5.74, 6) is -1.24. The van der Waals surface area contributed by atoms with Crippen LogP contribution in [0.5, 0.6) is 11.5 Å². The third-order valence-corrected chi connectivity index (χ3v) is 6.22. The molecule has 0 aliphatic carbocycles. The summed E-state index contributed by atoms with van der Waals surface area (Å²) in [4.78, 5) is 24.8. The van der Waals surface area contributed by atoms with Gasteiger partial charge in [-0.05, 0) is 44.2 Å². The molecule has 0 atom stereocenters. The highest BCUT2D eigenvalue weighted by Gasteiger charge is 2.24. The van der Waals surface area contributed by atoms with Gasteiger partial charge >= 0.3 is 5.97 Å². The van der Waals surface area contributed by atoms with E-state index in [0.29, 0.717) is 30.4 Å². The quantitative estimate of drug-likeness (QED) is 0.405. The van der Waals surface area contributed by atoms with Crippen molar-refractivity contribution in [1.29, 1.82) is 0 Å². The Labute approximate surface area is 197 Å². The maximum absolute atomic E-state index is 12.6. The van der Waals surface area contributed by atoms with E-state index in [0.717, 1.165) is 0 Å². The van der Waals surface area contributed by atoms with Gasteiger partial charge in [0.05, 0.1) is 30.1 Å². The van der Waals surface area contributed by atoms with Gasteiger partial charge in [-0.2, -0.15) is 0 Å². The summed E-state index contributed by atoms with van der Waals surface area (Å²) in [5, 5.41) is 2.61. The number of amides is 1. The van der Waals surface area contributed by atoms with Crippen LogP contribution in [0.25, 0.3) is 0 Å². The fourth-order valence-corrected chi connectivity index (χ4v) is 4.44. The van der Waals surface area contributed by atoms with E-state index in [1.165, 1.54) is 24.5 Å². The molecule has 2 aromatic carbocycles. The molecule has 3 aromatic rings. The van der Waals surface area contributed by atoms with E-state index in [2.05, 4.69) is 5.32 Å². The van der Waals surface area contributed by atoms with Gasteiger partial charge in [-0.25, -0.2) is 13.2 Å². The Morgan fingerprint density at radius 3 is 2.35 bits per heavy atom. The summed E-state index contributed by atoms with van der Waals surface area (Å²) in [6.45, 7) is 3.96. The van der Waals surface area contributed by atoms with Crippen LogP contribution in [0.4, 0.5) is 5.69 Å². The molecule has 180 valence electrons. The molecule has 9 nitrogen and oxygen atoms in total. The Hall–Kier alpha value is -3.79. The van der Waals surface area contributed by atoms with Crippen molar-refractivity contribution in [2.24, 2.45) is 0 Å². The van der Waals surface area contributed by atoms with Crippen LogP contribution in [0, 0.1) is 0 Å². The third-order valence-electron chi connectivity index (χ3n) is 4.54. The molecule has 1 aromatic heterocycles. The lowest BCUT2D eigenvalue weighted by Gasteiger charge is -2.13. The zero-order chi connectivity index (χ0) is 24.6. The molecule has 0 unspecified atom stereocenters. The molecule has 0 saturated carbocycles. The van der Waals surface area contributed by atoms with Crippen molar-refractivity contribution < 1.29 is 36.6 Å². The Balaban J connectivity index is 1.61. The molecular formula is C24H25NO8S. The average molecular weight is 488 g/mol. The Morgan fingerprint density at radius 2 is 1.65 bits per heavy atom. The van der Waals surface area contributed by atoms with Crippen LogP contribution in [-0.2, 0) is 25.1 Å². The molecule has 1 heterocycles. The van der Waals surface area contributed by atoms with Gasteiger partial charge < -0.3 is 23.9 Å². The smallest absolute Gasteiger partial charge is 0.375 e. The molecule has 0 fully saturated rings. The van der Waals surface area contributed by atoms with E-state index < -0.39 is 34.1 Å². The summed E-state index contributed by atoms with van der Waals surface area (Å²) < 4.78 is 46.4. The van der Waals surface area contributed by atoms with Crippen molar-refractivity contribution in [3.05, 3.63) is 72.2 Å². The van der Waals surface area contributed by atoms with Crippen molar-refractivity contribution in [2.45, 2.75) is 24.5 Å². The van der Waals surface area contributed by atoms with Gasteiger partial charge in [0.25, 0.3) is 5.91 Å². The number of rotatable bonds is 11. The van der Waals surface area contributed by atoms with Crippen molar-refractivity contribution in [3.63, 3.8) is 0 Å². The molecule has 0 bridgehead atoms. The minimum atomic E-state index is -3.70. The number of ether oxygens (including phenoxy) is 3. The Morgan fingerprint density at radius 1 is 0.941 bits per heavy atom. The molecule has 3 rings (SSSR count). The predicted octanol–water partition coefficient (Wildman–Crippen LogP) is 3.85. The zero-order valence-corrected chi connectivity index (χ0v) is 19.6. The van der Waals surface area contributed by atoms with E-state index >= 15 is 0 Å². The molecule has 0 aliphatic heterocycles. The van der Waals surface area contributed by atoms with Crippen LogP contribution < -0.4 is 14.8 Å². The lowest BCUT2D eigenvalue weighted by Crippen LogP contribution is -2.21. The van der Waals surface area contributed by atoms with Crippen molar-refractivity contribution in [3.8, 4) is 11.5 Å². The van der Waals surface area contributed by atoms with E-state index in [1.54, 1.807) is 36.4 Å². The average Bonchev–Trinajstić information content (AvgIpc) is 3.27. The minimum absolute atomic E-state index is 0.122. The molecule has 34 heavy (non-hydrogen) atoms. The number of sulfone groups is 1. The van der Waals surface area contributed by atoms with Crippen LogP contribution >= 0.6 is 0 Å². The first-order valence-corrected chi connectivity index (χ1v) is 12.2. The van der Waals surface area contributed by atoms with E-state index in [4.69, 9.17) is 18.6 Å². The topological polar surface area (TPSA) is 121 Å². The van der Waals surface area contributed by atoms with Gasteiger partial charge in [-0.1, -0.05) is 18.2 Å². The fourth-order valence-electron chi connectivity index (χ4n) is 3.07. The van der Waals surface area contributed by atoms with E-state index in [-0.39, 0.29) is 16.2 Å². The number of benzene rings is 2. The van der Waals surface area contributed by atoms with Crippen LogP contribution in [0.1, 0.15) is 30.0 Å². The monoisotopic (exact) mass is 487 g/mol. The fraction of sp³-hybridized carbons (Fsp3) is 0.250. The van der Waals surface area contributed by atoms with Crippen molar-refractivity contribution in [2.75, 3.05) is 25.1 Å². The normalized spacial score (nSPS) is 11.0. The summed E-state index contributed by atoms with van der Waals surface area (Å²) in [5.41, 5.74) is 0.572. The van der Waals surface area contributed by atoms with Gasteiger partial charge in [0.15, 0.2) is 27.9 Å². The molecule has 10 heteroatoms. The maximum Gasteiger partial charge on any atom is 0.375 e. The third kappa shape index (κ3) is 6.38. The number of furan rings is 1. The second-order valence-corrected chi connectivity index (χ2v) is 8.99. The highest BCUT2D eigenvalue weighted by Crippen LogP contribution is 2.30. The van der Waals surface area contributed by atoms with Gasteiger partial charge in [0, 0.05) is 17.3 Å². The second kappa shape index (κ2) is 11.4. The van der Waals surface area contributed by atoms with Gasteiger partial charge in [0.1, 0.15) is 0 Å². The van der Waals surface area contributed by atoms with Crippen LogP contribution in [0.2, 0.25) is 0 Å². The van der Waals surface area contributed by atoms with Gasteiger partial charge in [-0.15, -0.1) is 0 Å². The molecule has 1 amide bonds. The first-order valence-electron chi connectivity index (χ1n) is 10.5. The second-order valence-electron chi connectivity index (χ2n) is 7.00. The standard InChI is InChI=1S/C24H25NO8S/c1-3-30-20-11-10-18(14-21(20)31-4-2)25-22(26)15-33-24(27)23-17(12-13-32-23)16-34(28,29)19-8-6-5-7-9-19/h5-14H,3-4,15-16H2,1-2H3,(H,25,26). The highest BCUT2D eigenvalue weighted by atomic mass is 32.2. The minimum Gasteiger partial charge on any atom is -0.490 e. The van der Waals surface area contributed by atoms with Crippen LogP contribution in [0.3, 0.4) is 0 Å². The Bertz CT molecular complexity index is 1230. The van der Waals surface area contributed by atoms with Crippen LogP contribution in [-0.4, -0.2) is 40.1 Å². The molecular weight excluding hydrogens is 462 g/mol. The van der Waals surface area contributed by atoms with Crippen molar-refractivity contribution in [1.82, 2.24) is 0 Å². The molecule has 0 spiro atoms. The summed E-state index contributed by atoms with van der Waals surface area (Å²) in [6, 6.07) is 14.1. The largest absolute Gasteiger partial charge is 0.490 e. The first kappa shape index (κ1) is 24.8. The number of carbonyl (C=O) groups is 2. The molecule has 1 N–H and O–H groups in total. The predicted molar refractivity (Wildman–Crippen MR) is 124 cm³/mol. The number of carbonyl (C=O) groups excluding carboxylic acids is 2. The SMILES string of the molecule is CCOc1ccc(NC(=O)COC(=O)c2occc2CS(=O)(=O)c2ccccc2)cc1OCC. The number of anilines is 1. The lowest BCUT2D eigenvalue weighted by molar-refractivity contribution is -0.119. The van der Waals surface area contributed by atoms with Gasteiger partial charge in [0.2, 0.25) is 5.76 Å². The summed E-state index contributed by atoms with van der Waals surface area (Å²) in [6.07, 6.45) is 1.20. The van der Waals surface area contributed by atoms with Crippen molar-refractivity contribution >= 4 is 27.4 Å². The number of hydrogen-bond donors (Lipinski definition) is 1. The van der Waals surface area contributed by atoms with E-state index in [9.17, 15) is 18.0 Å². The summed E-state index contributed by atoms with van der Waals surface area (Å²) in [7, 11) is -3.70. The van der Waals surface area contributed by atoms with Gasteiger partial charge in [-0.3, -0.25) is 4.79 Å². The first-order chi connectivity index (χ1) is 16.3. The lowest BCUT2D eigenvalue weighted by atomic mass is 10.2. The number of hydrogen-bond acceptors (Lipinski definition) is 8. The van der Waals surface area contributed by atoms with E-state index in [1.807, 2.05) is 13.8 Å². The number of esters is 1. The maximum atomic E-state index is 12.6. The highest BCUT2D eigenvalue weighted by molar-refractivity contribution is 7.90.